The lowest BCUT2D eigenvalue weighted by Gasteiger charge is -1.85. The van der Waals surface area contributed by atoms with E-state index in [-0.39, 0.29) is 0 Å². The maximum atomic E-state index is 5.65. The van der Waals surface area contributed by atoms with Gasteiger partial charge in [-0.1, -0.05) is 0 Å². The van der Waals surface area contributed by atoms with E-state index in [1.807, 2.05) is 13.0 Å². The summed E-state index contributed by atoms with van der Waals surface area (Å²) in [5, 5.41) is 5.56. The highest BCUT2D eigenvalue weighted by Crippen LogP contribution is 2.24. The highest BCUT2D eigenvalue weighted by Gasteiger charge is 2.09. The average Bonchev–Trinajstić information content (AvgIpc) is 2.10. The normalized spacial score (nSPS) is 9.80. The number of thiophene rings is 1. The molecule has 0 saturated carbocycles. The van der Waals surface area contributed by atoms with Crippen LogP contribution >= 0.6 is 33.9 Å². The van der Waals surface area contributed by atoms with Crippen molar-refractivity contribution in [3.8, 4) is 0 Å². The largest absolute Gasteiger partial charge is 0.397 e. The van der Waals surface area contributed by atoms with Gasteiger partial charge < -0.3 is 5.73 Å². The van der Waals surface area contributed by atoms with Crippen LogP contribution in [0.2, 0.25) is 0 Å². The van der Waals surface area contributed by atoms with E-state index >= 15 is 0 Å². The maximum Gasteiger partial charge on any atom is 0.252 e. The predicted molar refractivity (Wildman–Crippen MR) is 53.5 cm³/mol. The molecule has 4 heteroatoms. The first kappa shape index (κ1) is 8.00. The second-order valence-electron chi connectivity index (χ2n) is 1.99. The zero-order valence-corrected chi connectivity index (χ0v) is 8.49. The number of rotatable bonds is 1. The molecule has 0 amide bonds. The second-order valence-corrected chi connectivity index (χ2v) is 4.41. The lowest BCUT2D eigenvalue weighted by atomic mass is 10.4. The third-order valence-electron chi connectivity index (χ3n) is 1.10. The molecular weight excluding hydrogens is 259 g/mol. The molecule has 0 unspecified atom stereocenters. The lowest BCUT2D eigenvalue weighted by Crippen LogP contribution is -2.35. The molecule has 0 aliphatic rings. The summed E-state index contributed by atoms with van der Waals surface area (Å²) in [6, 6.07) is 1.94. The Morgan fingerprint density at radius 3 is 2.60 bits per heavy atom. The number of hydrogen-bond acceptors (Lipinski definition) is 2. The van der Waals surface area contributed by atoms with Crippen LogP contribution in [-0.2, 0) is 0 Å². The fraction of sp³-hybridized carbons (Fsp3) is 0.167. The van der Waals surface area contributed by atoms with Crippen molar-refractivity contribution in [2.45, 2.75) is 6.92 Å². The van der Waals surface area contributed by atoms with Gasteiger partial charge in [0.2, 0.25) is 0 Å². The molecule has 10 heavy (non-hydrogen) atoms. The second kappa shape index (κ2) is 2.87. The van der Waals surface area contributed by atoms with Crippen LogP contribution in [0.25, 0.3) is 0 Å². The highest BCUT2D eigenvalue weighted by atomic mass is 127. The van der Waals surface area contributed by atoms with E-state index in [4.69, 9.17) is 11.1 Å². The lowest BCUT2D eigenvalue weighted by molar-refractivity contribution is -0.105. The van der Waals surface area contributed by atoms with E-state index in [1.165, 1.54) is 4.88 Å². The number of hydrogen-bond donors (Lipinski definition) is 2. The summed E-state index contributed by atoms with van der Waals surface area (Å²) in [4.78, 5) is 2.20. The number of nitrogens with two attached hydrogens (primary N) is 2. The third-order valence-corrected chi connectivity index (χ3v) is 3.11. The molecule has 0 atom stereocenters. The van der Waals surface area contributed by atoms with Gasteiger partial charge in [0.25, 0.3) is 3.72 Å². The van der Waals surface area contributed by atoms with Gasteiger partial charge in [-0.05, 0) is 13.0 Å². The van der Waals surface area contributed by atoms with Gasteiger partial charge in [-0.15, -0.1) is 11.3 Å². The monoisotopic (exact) mass is 267 g/mol. The van der Waals surface area contributed by atoms with Crippen LogP contribution in [-0.4, -0.2) is 3.72 Å². The molecule has 2 nitrogen and oxygen atoms in total. The Morgan fingerprint density at radius 2 is 2.40 bits per heavy atom. The molecule has 0 spiro atoms. The van der Waals surface area contributed by atoms with E-state index in [0.29, 0.717) is 0 Å². The zero-order valence-electron chi connectivity index (χ0n) is 5.52. The van der Waals surface area contributed by atoms with Crippen LogP contribution in [0.5, 0.6) is 0 Å². The van der Waals surface area contributed by atoms with Crippen LogP contribution in [0.4, 0.5) is 5.69 Å². The summed E-state index contributed by atoms with van der Waals surface area (Å²) in [5.41, 5.74) is 6.43. The summed E-state index contributed by atoms with van der Waals surface area (Å²) in [5.74, 6) is 0. The summed E-state index contributed by atoms with van der Waals surface area (Å²) in [6.07, 6.45) is 0. The molecule has 1 aromatic heterocycles. The summed E-state index contributed by atoms with van der Waals surface area (Å²) >= 11 is 3.70. The molecule has 0 bridgehead atoms. The summed E-state index contributed by atoms with van der Waals surface area (Å²) in [6.45, 7) is 2.02. The van der Waals surface area contributed by atoms with Gasteiger partial charge in [0.15, 0.2) is 0 Å². The standard InChI is InChI=1S/C6H7IN2S/c1-3-2-4(8)5(10-3)6(7)9/h2,9H,8H2,1H3/p+1. The molecule has 0 aromatic carbocycles. The average molecular weight is 267 g/mol. The molecule has 1 aromatic rings. The first-order valence-corrected chi connectivity index (χ1v) is 4.65. The van der Waals surface area contributed by atoms with Crippen LogP contribution in [0.1, 0.15) is 9.75 Å². The molecule has 4 N–H and O–H groups in total. The van der Waals surface area contributed by atoms with Gasteiger partial charge in [0.1, 0.15) is 4.88 Å². The van der Waals surface area contributed by atoms with Crippen molar-refractivity contribution in [3.63, 3.8) is 0 Å². The van der Waals surface area contributed by atoms with Gasteiger partial charge in [-0.2, -0.15) is 0 Å². The van der Waals surface area contributed by atoms with Gasteiger partial charge in [0.05, 0.1) is 5.69 Å². The van der Waals surface area contributed by atoms with Crippen molar-refractivity contribution in [2.75, 3.05) is 5.73 Å². The number of anilines is 1. The quantitative estimate of drug-likeness (QED) is 0.567. The van der Waals surface area contributed by atoms with Gasteiger partial charge in [-0.3, -0.25) is 0 Å². The summed E-state index contributed by atoms with van der Waals surface area (Å²) < 4.78 is 0.771. The van der Waals surface area contributed by atoms with Crippen molar-refractivity contribution in [1.29, 1.82) is 0 Å². The maximum absolute atomic E-state index is 5.65. The van der Waals surface area contributed by atoms with E-state index in [2.05, 4.69) is 22.6 Å². The van der Waals surface area contributed by atoms with Crippen LogP contribution in [0.15, 0.2) is 6.07 Å². The minimum Gasteiger partial charge on any atom is -0.397 e. The molecular formula is C6H8IN2S+. The minimum atomic E-state index is 0.771. The van der Waals surface area contributed by atoms with Crippen molar-refractivity contribution >= 4 is 43.3 Å². The molecule has 0 radical (unpaired) electrons. The Morgan fingerprint density at radius 1 is 1.80 bits per heavy atom. The Balaban J connectivity index is 3.15. The van der Waals surface area contributed by atoms with Gasteiger partial charge >= 0.3 is 0 Å². The van der Waals surface area contributed by atoms with Crippen molar-refractivity contribution in [3.05, 3.63) is 15.8 Å². The molecule has 0 aliphatic carbocycles. The predicted octanol–water partition coefficient (Wildman–Crippen LogP) is 0.579. The van der Waals surface area contributed by atoms with Crippen LogP contribution < -0.4 is 11.1 Å². The molecule has 54 valence electrons. The Bertz CT molecular complexity index is 267. The Kier molecular flexibility index (Phi) is 2.30. The Hall–Kier alpha value is -0.100. The number of aryl methyl sites for hydroxylation is 1. The molecule has 0 aliphatic heterocycles. The Labute approximate surface area is 77.1 Å². The fourth-order valence-corrected chi connectivity index (χ4v) is 2.14. The molecule has 0 fully saturated rings. The van der Waals surface area contributed by atoms with Gasteiger partial charge in [0, 0.05) is 27.5 Å². The first-order valence-electron chi connectivity index (χ1n) is 2.75. The third kappa shape index (κ3) is 1.49. The van der Waals surface area contributed by atoms with Gasteiger partial charge in [-0.25, -0.2) is 5.41 Å². The SMILES string of the molecule is Cc1cc(N)c(C(=[NH2+])I)s1. The van der Waals surface area contributed by atoms with Crippen molar-refractivity contribution in [2.24, 2.45) is 0 Å². The van der Waals surface area contributed by atoms with Crippen LogP contribution in [0, 0.1) is 6.92 Å². The van der Waals surface area contributed by atoms with E-state index in [9.17, 15) is 0 Å². The van der Waals surface area contributed by atoms with E-state index in [1.54, 1.807) is 11.3 Å². The molecule has 1 rings (SSSR count). The highest BCUT2D eigenvalue weighted by molar-refractivity contribution is 14.1. The zero-order chi connectivity index (χ0) is 7.72. The number of nitrogen functional groups attached to an aromatic ring is 1. The number of halogens is 1. The molecule has 0 saturated heterocycles. The smallest absolute Gasteiger partial charge is 0.252 e. The topological polar surface area (TPSA) is 51.6 Å². The van der Waals surface area contributed by atoms with E-state index < -0.39 is 0 Å². The van der Waals surface area contributed by atoms with Crippen LogP contribution in [0.3, 0.4) is 0 Å². The van der Waals surface area contributed by atoms with E-state index in [0.717, 1.165) is 14.3 Å². The first-order chi connectivity index (χ1) is 4.61. The summed E-state index contributed by atoms with van der Waals surface area (Å²) in [7, 11) is 0. The minimum absolute atomic E-state index is 0.771. The van der Waals surface area contributed by atoms with Crippen molar-refractivity contribution < 1.29 is 5.41 Å². The fourth-order valence-electron chi connectivity index (χ4n) is 0.721. The van der Waals surface area contributed by atoms with Crippen molar-refractivity contribution in [1.82, 2.24) is 0 Å². The molecule has 1 heterocycles.